The van der Waals surface area contributed by atoms with Crippen molar-refractivity contribution in [2.24, 2.45) is 5.10 Å². The zero-order valence-electron chi connectivity index (χ0n) is 16.7. The lowest BCUT2D eigenvalue weighted by atomic mass is 10.2. The van der Waals surface area contributed by atoms with E-state index in [1.807, 2.05) is 49.4 Å². The first kappa shape index (κ1) is 19.4. The van der Waals surface area contributed by atoms with Gasteiger partial charge in [-0.15, -0.1) is 0 Å². The van der Waals surface area contributed by atoms with Crippen LogP contribution in [0.5, 0.6) is 11.5 Å². The highest BCUT2D eigenvalue weighted by Crippen LogP contribution is 2.27. The molecule has 0 spiro atoms. The van der Waals surface area contributed by atoms with Gasteiger partial charge in [0, 0.05) is 0 Å². The van der Waals surface area contributed by atoms with Crippen molar-refractivity contribution in [1.29, 1.82) is 0 Å². The van der Waals surface area contributed by atoms with Gasteiger partial charge in [-0.25, -0.2) is 9.67 Å². The summed E-state index contributed by atoms with van der Waals surface area (Å²) in [7, 11) is 1.59. The summed E-state index contributed by atoms with van der Waals surface area (Å²) < 4.78 is 13.9. The Hall–Kier alpha value is -3.94. The molecule has 0 aliphatic carbocycles. The van der Waals surface area contributed by atoms with Crippen LogP contribution in [0.1, 0.15) is 18.9 Å². The molecule has 152 valence electrons. The third kappa shape index (κ3) is 3.80. The molecule has 0 aliphatic heterocycles. The minimum atomic E-state index is -0.298. The van der Waals surface area contributed by atoms with Crippen molar-refractivity contribution in [1.82, 2.24) is 19.4 Å². The Labute approximate surface area is 173 Å². The van der Waals surface area contributed by atoms with E-state index < -0.39 is 0 Å². The van der Waals surface area contributed by atoms with Crippen molar-refractivity contribution >= 4 is 17.2 Å². The Balaban J connectivity index is 1.64. The van der Waals surface area contributed by atoms with Crippen molar-refractivity contribution in [3.8, 4) is 17.2 Å². The molecule has 0 fully saturated rings. The molecule has 0 saturated carbocycles. The van der Waals surface area contributed by atoms with E-state index in [0.717, 1.165) is 17.7 Å². The topological polar surface area (TPSA) is 83.5 Å². The van der Waals surface area contributed by atoms with E-state index in [1.165, 1.54) is 17.2 Å². The van der Waals surface area contributed by atoms with Crippen LogP contribution in [0.15, 0.2) is 71.0 Å². The SMILES string of the molecule is CCCOc1ccc(/C=N\n2cnc3c(cnn3-c3ccccc3)c2=O)cc1OC. The first-order valence-corrected chi connectivity index (χ1v) is 9.57. The number of para-hydroxylation sites is 1. The second kappa shape index (κ2) is 8.60. The lowest BCUT2D eigenvalue weighted by molar-refractivity contribution is 0.294. The molecule has 2 aromatic heterocycles. The molecule has 30 heavy (non-hydrogen) atoms. The molecule has 0 amide bonds. The summed E-state index contributed by atoms with van der Waals surface area (Å²) in [6.07, 6.45) is 5.37. The van der Waals surface area contributed by atoms with Crippen LogP contribution < -0.4 is 15.0 Å². The summed E-state index contributed by atoms with van der Waals surface area (Å²) in [5.74, 6) is 1.28. The summed E-state index contributed by atoms with van der Waals surface area (Å²) in [5.41, 5.74) is 1.78. The standard InChI is InChI=1S/C22H21N5O3/c1-3-11-30-19-10-9-16(12-20(19)29-2)13-24-26-15-23-21-18(22(26)28)14-25-27(21)17-7-5-4-6-8-17/h4-10,12-15H,3,11H2,1-2H3/b24-13-. The third-order valence-corrected chi connectivity index (χ3v) is 4.45. The molecule has 8 nitrogen and oxygen atoms in total. The maximum absolute atomic E-state index is 12.8. The number of fused-ring (bicyclic) bond motifs is 1. The zero-order valence-corrected chi connectivity index (χ0v) is 16.7. The summed E-state index contributed by atoms with van der Waals surface area (Å²) in [5, 5.41) is 8.95. The number of hydrogen-bond acceptors (Lipinski definition) is 6. The van der Waals surface area contributed by atoms with E-state index in [2.05, 4.69) is 15.2 Å². The van der Waals surface area contributed by atoms with Gasteiger partial charge in [0.05, 0.1) is 31.8 Å². The van der Waals surface area contributed by atoms with Crippen LogP contribution in [0.3, 0.4) is 0 Å². The van der Waals surface area contributed by atoms with Gasteiger partial charge in [0.2, 0.25) is 0 Å². The van der Waals surface area contributed by atoms with Crippen LogP contribution in [-0.2, 0) is 0 Å². The molecule has 8 heteroatoms. The Morgan fingerprint density at radius 1 is 1.13 bits per heavy atom. The molecule has 0 unspecified atom stereocenters. The number of ether oxygens (including phenoxy) is 2. The molecule has 4 rings (SSSR count). The smallest absolute Gasteiger partial charge is 0.285 e. The van der Waals surface area contributed by atoms with Crippen LogP contribution in [0, 0.1) is 0 Å². The second-order valence-electron chi connectivity index (χ2n) is 6.53. The van der Waals surface area contributed by atoms with Crippen LogP contribution in [-0.4, -0.2) is 39.4 Å². The number of aromatic nitrogens is 4. The Morgan fingerprint density at radius 2 is 1.97 bits per heavy atom. The lowest BCUT2D eigenvalue weighted by Crippen LogP contribution is -2.17. The summed E-state index contributed by atoms with van der Waals surface area (Å²) in [6.45, 7) is 2.65. The largest absolute Gasteiger partial charge is 0.493 e. The van der Waals surface area contributed by atoms with Gasteiger partial charge in [0.1, 0.15) is 11.7 Å². The molecule has 0 atom stereocenters. The summed E-state index contributed by atoms with van der Waals surface area (Å²) in [6, 6.07) is 15.0. The fraction of sp³-hybridized carbons (Fsp3) is 0.182. The molecular formula is C22H21N5O3. The van der Waals surface area contributed by atoms with Crippen molar-refractivity contribution in [3.05, 3.63) is 77.0 Å². The molecule has 2 heterocycles. The lowest BCUT2D eigenvalue weighted by Gasteiger charge is -2.10. The van der Waals surface area contributed by atoms with Gasteiger partial charge in [-0.1, -0.05) is 25.1 Å². The van der Waals surface area contributed by atoms with Gasteiger partial charge in [0.15, 0.2) is 17.1 Å². The van der Waals surface area contributed by atoms with E-state index in [4.69, 9.17) is 9.47 Å². The van der Waals surface area contributed by atoms with E-state index in [-0.39, 0.29) is 5.56 Å². The van der Waals surface area contributed by atoms with Crippen molar-refractivity contribution < 1.29 is 9.47 Å². The van der Waals surface area contributed by atoms with Gasteiger partial charge >= 0.3 is 0 Å². The molecule has 0 radical (unpaired) electrons. The van der Waals surface area contributed by atoms with Crippen LogP contribution >= 0.6 is 0 Å². The minimum absolute atomic E-state index is 0.298. The van der Waals surface area contributed by atoms with Gasteiger partial charge in [-0.2, -0.15) is 14.9 Å². The fourth-order valence-corrected chi connectivity index (χ4v) is 2.97. The number of methoxy groups -OCH3 is 1. The Kier molecular flexibility index (Phi) is 5.56. The average molecular weight is 403 g/mol. The number of benzene rings is 2. The fourth-order valence-electron chi connectivity index (χ4n) is 2.97. The van der Waals surface area contributed by atoms with Gasteiger partial charge < -0.3 is 9.47 Å². The second-order valence-corrected chi connectivity index (χ2v) is 6.53. The molecular weight excluding hydrogens is 382 g/mol. The summed E-state index contributed by atoms with van der Waals surface area (Å²) in [4.78, 5) is 17.2. The highest BCUT2D eigenvalue weighted by Gasteiger charge is 2.11. The number of hydrogen-bond donors (Lipinski definition) is 0. The normalized spacial score (nSPS) is 11.3. The quantitative estimate of drug-likeness (QED) is 0.442. The van der Waals surface area contributed by atoms with Crippen molar-refractivity contribution in [3.63, 3.8) is 0 Å². The van der Waals surface area contributed by atoms with Gasteiger partial charge in [-0.3, -0.25) is 4.79 Å². The zero-order chi connectivity index (χ0) is 20.9. The first-order chi connectivity index (χ1) is 14.7. The van der Waals surface area contributed by atoms with Gasteiger partial charge in [-0.05, 0) is 42.3 Å². The van der Waals surface area contributed by atoms with Crippen LogP contribution in [0.4, 0.5) is 0 Å². The highest BCUT2D eigenvalue weighted by atomic mass is 16.5. The highest BCUT2D eigenvalue weighted by molar-refractivity contribution is 5.81. The van der Waals surface area contributed by atoms with E-state index in [0.29, 0.717) is 29.1 Å². The first-order valence-electron chi connectivity index (χ1n) is 9.57. The van der Waals surface area contributed by atoms with Crippen LogP contribution in [0.2, 0.25) is 0 Å². The van der Waals surface area contributed by atoms with Crippen LogP contribution in [0.25, 0.3) is 16.7 Å². The third-order valence-electron chi connectivity index (χ3n) is 4.45. The molecule has 2 aromatic carbocycles. The number of rotatable bonds is 7. The Bertz CT molecular complexity index is 1240. The predicted octanol–water partition coefficient (Wildman–Crippen LogP) is 3.26. The maximum atomic E-state index is 12.8. The van der Waals surface area contributed by atoms with E-state index in [1.54, 1.807) is 24.1 Å². The summed E-state index contributed by atoms with van der Waals surface area (Å²) >= 11 is 0. The molecule has 0 bridgehead atoms. The van der Waals surface area contributed by atoms with E-state index in [9.17, 15) is 4.79 Å². The average Bonchev–Trinajstić information content (AvgIpc) is 3.23. The maximum Gasteiger partial charge on any atom is 0.285 e. The molecule has 0 N–H and O–H groups in total. The monoisotopic (exact) mass is 403 g/mol. The van der Waals surface area contributed by atoms with Gasteiger partial charge in [0.25, 0.3) is 5.56 Å². The Morgan fingerprint density at radius 3 is 2.73 bits per heavy atom. The van der Waals surface area contributed by atoms with Crippen molar-refractivity contribution in [2.45, 2.75) is 13.3 Å². The molecule has 0 aliphatic rings. The molecule has 0 saturated heterocycles. The number of nitrogens with zero attached hydrogens (tertiary/aromatic N) is 5. The van der Waals surface area contributed by atoms with E-state index >= 15 is 0 Å². The molecule has 4 aromatic rings. The predicted molar refractivity (Wildman–Crippen MR) is 115 cm³/mol. The van der Waals surface area contributed by atoms with Crippen molar-refractivity contribution in [2.75, 3.05) is 13.7 Å². The minimum Gasteiger partial charge on any atom is -0.493 e.